The van der Waals surface area contributed by atoms with E-state index in [0.717, 1.165) is 12.5 Å². The molecule has 1 aromatic heterocycles. The third-order valence-corrected chi connectivity index (χ3v) is 4.03. The Kier molecular flexibility index (Phi) is 6.42. The quantitative estimate of drug-likeness (QED) is 0.781. The molecule has 0 radical (unpaired) electrons. The van der Waals surface area contributed by atoms with E-state index in [-0.39, 0.29) is 18.3 Å². The third kappa shape index (κ3) is 5.46. The van der Waals surface area contributed by atoms with Gasteiger partial charge in [0.05, 0.1) is 12.2 Å². The van der Waals surface area contributed by atoms with Gasteiger partial charge in [0.25, 0.3) is 0 Å². The van der Waals surface area contributed by atoms with Gasteiger partial charge in [-0.15, -0.1) is 0 Å². The summed E-state index contributed by atoms with van der Waals surface area (Å²) >= 11 is 0. The number of halogens is 3. The second-order valence-electron chi connectivity index (χ2n) is 6.44. The van der Waals surface area contributed by atoms with Gasteiger partial charge in [-0.05, 0) is 60.2 Å². The molecule has 2 unspecified atom stereocenters. The summed E-state index contributed by atoms with van der Waals surface area (Å²) in [7, 11) is 0. The Bertz CT molecular complexity index is 674. The lowest BCUT2D eigenvalue weighted by Crippen LogP contribution is -2.18. The SMILES string of the molecule is CC(CN)CC(C)COc1ccc(-c2ccncc2)cc1C(F)(F)F. The van der Waals surface area contributed by atoms with E-state index in [0.29, 0.717) is 23.6 Å². The molecule has 0 amide bonds. The Hall–Kier alpha value is -2.08. The van der Waals surface area contributed by atoms with Crippen molar-refractivity contribution in [2.24, 2.45) is 17.6 Å². The van der Waals surface area contributed by atoms with Crippen LogP contribution in [0.25, 0.3) is 11.1 Å². The molecule has 136 valence electrons. The smallest absolute Gasteiger partial charge is 0.419 e. The van der Waals surface area contributed by atoms with Crippen LogP contribution in [0.15, 0.2) is 42.7 Å². The first-order valence-electron chi connectivity index (χ1n) is 8.25. The number of nitrogens with zero attached hydrogens (tertiary/aromatic N) is 1. The molecule has 0 aliphatic carbocycles. The summed E-state index contributed by atoms with van der Waals surface area (Å²) in [5.41, 5.74) is 5.98. The molecule has 0 saturated carbocycles. The van der Waals surface area contributed by atoms with E-state index in [4.69, 9.17) is 10.5 Å². The number of alkyl halides is 3. The highest BCUT2D eigenvalue weighted by Crippen LogP contribution is 2.39. The topological polar surface area (TPSA) is 48.1 Å². The maximum Gasteiger partial charge on any atom is 0.419 e. The molecule has 1 aromatic carbocycles. The van der Waals surface area contributed by atoms with Crippen molar-refractivity contribution < 1.29 is 17.9 Å². The lowest BCUT2D eigenvalue weighted by molar-refractivity contribution is -0.139. The predicted molar refractivity (Wildman–Crippen MR) is 92.2 cm³/mol. The van der Waals surface area contributed by atoms with Gasteiger partial charge in [-0.25, -0.2) is 0 Å². The molecule has 0 bridgehead atoms. The number of nitrogens with two attached hydrogens (primary N) is 1. The Labute approximate surface area is 146 Å². The van der Waals surface area contributed by atoms with Gasteiger partial charge >= 0.3 is 6.18 Å². The minimum Gasteiger partial charge on any atom is -0.493 e. The zero-order valence-corrected chi connectivity index (χ0v) is 14.4. The number of benzene rings is 1. The fourth-order valence-electron chi connectivity index (χ4n) is 2.68. The minimum absolute atomic E-state index is 0.125. The van der Waals surface area contributed by atoms with Gasteiger partial charge in [0, 0.05) is 12.4 Å². The van der Waals surface area contributed by atoms with Crippen molar-refractivity contribution in [1.82, 2.24) is 4.98 Å². The molecule has 1 heterocycles. The Morgan fingerprint density at radius 1 is 1.04 bits per heavy atom. The number of pyridine rings is 1. The fourth-order valence-corrected chi connectivity index (χ4v) is 2.68. The molecule has 0 aliphatic rings. The monoisotopic (exact) mass is 352 g/mol. The van der Waals surface area contributed by atoms with Crippen molar-refractivity contribution in [2.75, 3.05) is 13.2 Å². The van der Waals surface area contributed by atoms with Crippen molar-refractivity contribution >= 4 is 0 Å². The fraction of sp³-hybridized carbons (Fsp3) is 0.421. The lowest BCUT2D eigenvalue weighted by atomic mass is 9.98. The molecule has 2 aromatic rings. The maximum absolute atomic E-state index is 13.4. The van der Waals surface area contributed by atoms with Gasteiger partial charge in [0.2, 0.25) is 0 Å². The van der Waals surface area contributed by atoms with Crippen LogP contribution in [0.4, 0.5) is 13.2 Å². The summed E-state index contributed by atoms with van der Waals surface area (Å²) in [6.07, 6.45) is -0.570. The van der Waals surface area contributed by atoms with Gasteiger partial charge in [-0.1, -0.05) is 19.9 Å². The molecule has 2 N–H and O–H groups in total. The largest absolute Gasteiger partial charge is 0.493 e. The van der Waals surface area contributed by atoms with Crippen LogP contribution in [0.5, 0.6) is 5.75 Å². The van der Waals surface area contributed by atoms with Crippen LogP contribution in [0.1, 0.15) is 25.8 Å². The summed E-state index contributed by atoms with van der Waals surface area (Å²) in [4.78, 5) is 3.88. The van der Waals surface area contributed by atoms with E-state index >= 15 is 0 Å². The average molecular weight is 352 g/mol. The minimum atomic E-state index is -4.48. The molecule has 0 spiro atoms. The van der Waals surface area contributed by atoms with Gasteiger partial charge in [-0.3, -0.25) is 4.98 Å². The summed E-state index contributed by atoms with van der Waals surface area (Å²) in [6, 6.07) is 7.49. The molecule has 3 nitrogen and oxygen atoms in total. The highest BCUT2D eigenvalue weighted by atomic mass is 19.4. The van der Waals surface area contributed by atoms with Crippen LogP contribution in [0, 0.1) is 11.8 Å². The first-order valence-corrected chi connectivity index (χ1v) is 8.25. The Morgan fingerprint density at radius 2 is 1.72 bits per heavy atom. The van der Waals surface area contributed by atoms with Gasteiger partial charge in [-0.2, -0.15) is 13.2 Å². The summed E-state index contributed by atoms with van der Waals surface area (Å²) in [6.45, 7) is 4.74. The summed E-state index contributed by atoms with van der Waals surface area (Å²) < 4.78 is 45.8. The molecule has 6 heteroatoms. The van der Waals surface area contributed by atoms with E-state index in [9.17, 15) is 13.2 Å². The number of hydrogen-bond acceptors (Lipinski definition) is 3. The Morgan fingerprint density at radius 3 is 2.32 bits per heavy atom. The molecule has 0 fully saturated rings. The zero-order chi connectivity index (χ0) is 18.4. The van der Waals surface area contributed by atoms with E-state index in [1.54, 1.807) is 30.6 Å². The Balaban J connectivity index is 2.20. The zero-order valence-electron chi connectivity index (χ0n) is 14.4. The van der Waals surface area contributed by atoms with Crippen molar-refractivity contribution in [3.8, 4) is 16.9 Å². The second kappa shape index (κ2) is 8.34. The third-order valence-electron chi connectivity index (χ3n) is 4.03. The van der Waals surface area contributed by atoms with E-state index in [2.05, 4.69) is 4.98 Å². The van der Waals surface area contributed by atoms with Crippen molar-refractivity contribution in [3.05, 3.63) is 48.3 Å². The average Bonchev–Trinajstić information content (AvgIpc) is 2.59. The van der Waals surface area contributed by atoms with Crippen LogP contribution in [-0.4, -0.2) is 18.1 Å². The van der Waals surface area contributed by atoms with Crippen molar-refractivity contribution in [1.29, 1.82) is 0 Å². The molecule has 0 saturated heterocycles. The van der Waals surface area contributed by atoms with Crippen LogP contribution >= 0.6 is 0 Å². The number of aromatic nitrogens is 1. The van der Waals surface area contributed by atoms with Gasteiger partial charge in [0.1, 0.15) is 5.75 Å². The summed E-state index contributed by atoms with van der Waals surface area (Å²) in [5, 5.41) is 0. The first kappa shape index (κ1) is 19.2. The molecule has 2 atom stereocenters. The standard InChI is InChI=1S/C19H23F3N2O/c1-13(11-23)9-14(2)12-25-18-4-3-16(10-17(18)19(20,21)22)15-5-7-24-8-6-15/h3-8,10,13-14H,9,11-12,23H2,1-2H3. The number of ether oxygens (including phenoxy) is 1. The van der Waals surface area contributed by atoms with Crippen LogP contribution in [-0.2, 0) is 6.18 Å². The summed E-state index contributed by atoms with van der Waals surface area (Å²) in [5.74, 6) is 0.298. The highest BCUT2D eigenvalue weighted by molar-refractivity contribution is 5.65. The maximum atomic E-state index is 13.4. The van der Waals surface area contributed by atoms with E-state index in [1.165, 1.54) is 6.07 Å². The van der Waals surface area contributed by atoms with Crippen LogP contribution in [0.2, 0.25) is 0 Å². The molecule has 2 rings (SSSR count). The van der Waals surface area contributed by atoms with Gasteiger partial charge in [0.15, 0.2) is 0 Å². The molecule has 0 aliphatic heterocycles. The van der Waals surface area contributed by atoms with Crippen molar-refractivity contribution in [3.63, 3.8) is 0 Å². The number of hydrogen-bond donors (Lipinski definition) is 1. The van der Waals surface area contributed by atoms with Crippen LogP contribution < -0.4 is 10.5 Å². The molecule has 25 heavy (non-hydrogen) atoms. The second-order valence-corrected chi connectivity index (χ2v) is 6.44. The van der Waals surface area contributed by atoms with E-state index < -0.39 is 11.7 Å². The van der Waals surface area contributed by atoms with Crippen molar-refractivity contribution in [2.45, 2.75) is 26.4 Å². The molecular formula is C19H23F3N2O. The lowest BCUT2D eigenvalue weighted by Gasteiger charge is -2.19. The molecular weight excluding hydrogens is 329 g/mol. The predicted octanol–water partition coefficient (Wildman–Crippen LogP) is 4.77. The normalized spacial score (nSPS) is 14.2. The number of rotatable bonds is 7. The van der Waals surface area contributed by atoms with Crippen LogP contribution in [0.3, 0.4) is 0 Å². The first-order chi connectivity index (χ1) is 11.8. The van der Waals surface area contributed by atoms with E-state index in [1.807, 2.05) is 13.8 Å². The van der Waals surface area contributed by atoms with Gasteiger partial charge < -0.3 is 10.5 Å². The highest BCUT2D eigenvalue weighted by Gasteiger charge is 2.35.